The zero-order chi connectivity index (χ0) is 13.0. The van der Waals surface area contributed by atoms with Crippen molar-refractivity contribution in [1.82, 2.24) is 4.98 Å². The molecule has 3 nitrogen and oxygen atoms in total. The Balaban J connectivity index is 1.98. The zero-order valence-electron chi connectivity index (χ0n) is 11.5. The fourth-order valence-electron chi connectivity index (χ4n) is 2.70. The van der Waals surface area contributed by atoms with E-state index < -0.39 is 6.10 Å². The van der Waals surface area contributed by atoms with Gasteiger partial charge in [0.1, 0.15) is 0 Å². The van der Waals surface area contributed by atoms with Gasteiger partial charge in [0.2, 0.25) is 0 Å². The van der Waals surface area contributed by atoms with Gasteiger partial charge in [-0.3, -0.25) is 4.98 Å². The molecule has 3 heteroatoms. The van der Waals surface area contributed by atoms with Gasteiger partial charge in [-0.15, -0.1) is 0 Å². The first-order chi connectivity index (χ1) is 8.74. The summed E-state index contributed by atoms with van der Waals surface area (Å²) in [5.74, 6) is 0.843. The summed E-state index contributed by atoms with van der Waals surface area (Å²) in [6, 6.07) is 4.05. The standard InChI is InChI=1S/C15H24N2O/c1-3-5-12-8-9-17(11-12)13-6-7-14(16-10-13)15(18)4-2/h6-7,10,12,15,18H,3-5,8-9,11H2,1-2H3/t12?,15-/m0/s1. The summed E-state index contributed by atoms with van der Waals surface area (Å²) >= 11 is 0. The van der Waals surface area contributed by atoms with E-state index in [0.29, 0.717) is 6.42 Å². The van der Waals surface area contributed by atoms with Crippen molar-refractivity contribution in [2.45, 2.75) is 45.6 Å². The molecule has 2 rings (SSSR count). The van der Waals surface area contributed by atoms with Gasteiger partial charge in [-0.2, -0.15) is 0 Å². The molecule has 100 valence electrons. The highest BCUT2D eigenvalue weighted by atomic mass is 16.3. The van der Waals surface area contributed by atoms with Crippen LogP contribution in [0, 0.1) is 5.92 Å². The molecule has 1 aliphatic rings. The van der Waals surface area contributed by atoms with Crippen LogP contribution in [0.5, 0.6) is 0 Å². The van der Waals surface area contributed by atoms with Crippen LogP contribution in [0.15, 0.2) is 18.3 Å². The maximum absolute atomic E-state index is 9.72. The maximum atomic E-state index is 9.72. The van der Waals surface area contributed by atoms with Crippen LogP contribution in [0.1, 0.15) is 51.3 Å². The fraction of sp³-hybridized carbons (Fsp3) is 0.667. The van der Waals surface area contributed by atoms with Gasteiger partial charge in [-0.25, -0.2) is 0 Å². The molecular weight excluding hydrogens is 224 g/mol. The van der Waals surface area contributed by atoms with Crippen molar-refractivity contribution in [1.29, 1.82) is 0 Å². The van der Waals surface area contributed by atoms with E-state index in [1.165, 1.54) is 24.9 Å². The molecule has 1 N–H and O–H groups in total. The molecule has 1 aliphatic heterocycles. The summed E-state index contributed by atoms with van der Waals surface area (Å²) < 4.78 is 0. The van der Waals surface area contributed by atoms with Crippen molar-refractivity contribution in [2.24, 2.45) is 5.92 Å². The van der Waals surface area contributed by atoms with E-state index in [1.54, 1.807) is 0 Å². The van der Waals surface area contributed by atoms with Crippen LogP contribution in [0.2, 0.25) is 0 Å². The predicted octanol–water partition coefficient (Wildman–Crippen LogP) is 3.15. The second kappa shape index (κ2) is 6.19. The normalized spacial score (nSPS) is 21.3. The Bertz CT molecular complexity index is 363. The average molecular weight is 248 g/mol. The van der Waals surface area contributed by atoms with Gasteiger partial charge in [0.25, 0.3) is 0 Å². The van der Waals surface area contributed by atoms with E-state index in [1.807, 2.05) is 19.2 Å². The van der Waals surface area contributed by atoms with Gasteiger partial charge in [0.05, 0.1) is 23.7 Å². The molecule has 1 aromatic heterocycles. The minimum absolute atomic E-state index is 0.425. The first-order valence-corrected chi connectivity index (χ1v) is 7.13. The van der Waals surface area contributed by atoms with E-state index in [-0.39, 0.29) is 0 Å². The molecule has 18 heavy (non-hydrogen) atoms. The quantitative estimate of drug-likeness (QED) is 0.869. The third-order valence-corrected chi connectivity index (χ3v) is 3.85. The van der Waals surface area contributed by atoms with E-state index in [0.717, 1.165) is 24.7 Å². The van der Waals surface area contributed by atoms with Crippen LogP contribution in [0.25, 0.3) is 0 Å². The van der Waals surface area contributed by atoms with Crippen molar-refractivity contribution < 1.29 is 5.11 Å². The average Bonchev–Trinajstić information content (AvgIpc) is 2.87. The first-order valence-electron chi connectivity index (χ1n) is 7.13. The summed E-state index contributed by atoms with van der Waals surface area (Å²) in [6.07, 6.45) is 6.10. The Labute approximate surface area is 110 Å². The van der Waals surface area contributed by atoms with Gasteiger partial charge in [-0.05, 0) is 37.3 Å². The molecular formula is C15H24N2O. The topological polar surface area (TPSA) is 36.4 Å². The van der Waals surface area contributed by atoms with Gasteiger partial charge in [-0.1, -0.05) is 20.3 Å². The van der Waals surface area contributed by atoms with E-state index >= 15 is 0 Å². The zero-order valence-corrected chi connectivity index (χ0v) is 11.5. The molecule has 0 spiro atoms. The lowest BCUT2D eigenvalue weighted by Crippen LogP contribution is -2.19. The molecule has 2 atom stereocenters. The Kier molecular flexibility index (Phi) is 4.59. The number of hydrogen-bond donors (Lipinski definition) is 1. The van der Waals surface area contributed by atoms with Crippen molar-refractivity contribution in [3.63, 3.8) is 0 Å². The third kappa shape index (κ3) is 3.02. The van der Waals surface area contributed by atoms with Crippen LogP contribution in [-0.4, -0.2) is 23.2 Å². The monoisotopic (exact) mass is 248 g/mol. The lowest BCUT2D eigenvalue weighted by Gasteiger charge is -2.19. The number of rotatable bonds is 5. The van der Waals surface area contributed by atoms with Gasteiger partial charge >= 0.3 is 0 Å². The minimum Gasteiger partial charge on any atom is -0.387 e. The molecule has 0 radical (unpaired) electrons. The number of hydrogen-bond acceptors (Lipinski definition) is 3. The molecule has 1 unspecified atom stereocenters. The van der Waals surface area contributed by atoms with Gasteiger partial charge in [0, 0.05) is 13.1 Å². The minimum atomic E-state index is -0.425. The second-order valence-electron chi connectivity index (χ2n) is 5.25. The number of pyridine rings is 1. The highest BCUT2D eigenvalue weighted by Crippen LogP contribution is 2.26. The molecule has 1 saturated heterocycles. The van der Waals surface area contributed by atoms with Crippen molar-refractivity contribution in [3.8, 4) is 0 Å². The number of aliphatic hydroxyl groups excluding tert-OH is 1. The van der Waals surface area contributed by atoms with Crippen LogP contribution >= 0.6 is 0 Å². The van der Waals surface area contributed by atoms with Crippen molar-refractivity contribution in [2.75, 3.05) is 18.0 Å². The Hall–Kier alpha value is -1.09. The number of aromatic nitrogens is 1. The Morgan fingerprint density at radius 3 is 2.89 bits per heavy atom. The largest absolute Gasteiger partial charge is 0.387 e. The predicted molar refractivity (Wildman–Crippen MR) is 74.7 cm³/mol. The molecule has 0 saturated carbocycles. The summed E-state index contributed by atoms with van der Waals surface area (Å²) in [4.78, 5) is 6.79. The SMILES string of the molecule is CCCC1CCN(c2ccc([C@@H](O)CC)nc2)C1. The number of aliphatic hydroxyl groups is 1. The van der Waals surface area contributed by atoms with Gasteiger partial charge in [0.15, 0.2) is 0 Å². The third-order valence-electron chi connectivity index (χ3n) is 3.85. The highest BCUT2D eigenvalue weighted by Gasteiger charge is 2.22. The van der Waals surface area contributed by atoms with Crippen LogP contribution < -0.4 is 4.90 Å². The van der Waals surface area contributed by atoms with E-state index in [9.17, 15) is 5.11 Å². The fourth-order valence-corrected chi connectivity index (χ4v) is 2.70. The number of anilines is 1. The molecule has 0 aliphatic carbocycles. The molecule has 1 aromatic rings. The lowest BCUT2D eigenvalue weighted by molar-refractivity contribution is 0.169. The summed E-state index contributed by atoms with van der Waals surface area (Å²) in [5, 5.41) is 9.72. The maximum Gasteiger partial charge on any atom is 0.0957 e. The van der Waals surface area contributed by atoms with Crippen LogP contribution in [-0.2, 0) is 0 Å². The summed E-state index contributed by atoms with van der Waals surface area (Å²) in [5.41, 5.74) is 1.98. The molecule has 0 amide bonds. The van der Waals surface area contributed by atoms with E-state index in [4.69, 9.17) is 0 Å². The second-order valence-corrected chi connectivity index (χ2v) is 5.25. The first kappa shape index (κ1) is 13.3. The van der Waals surface area contributed by atoms with Crippen LogP contribution in [0.3, 0.4) is 0 Å². The molecule has 0 aromatic carbocycles. The summed E-state index contributed by atoms with van der Waals surface area (Å²) in [6.45, 7) is 6.52. The van der Waals surface area contributed by atoms with Crippen molar-refractivity contribution in [3.05, 3.63) is 24.0 Å². The Morgan fingerprint density at radius 2 is 2.28 bits per heavy atom. The number of nitrogens with zero attached hydrogens (tertiary/aromatic N) is 2. The van der Waals surface area contributed by atoms with Crippen LogP contribution in [0.4, 0.5) is 5.69 Å². The summed E-state index contributed by atoms with van der Waals surface area (Å²) in [7, 11) is 0. The Morgan fingerprint density at radius 1 is 1.44 bits per heavy atom. The van der Waals surface area contributed by atoms with E-state index in [2.05, 4.69) is 22.9 Å². The molecule has 2 heterocycles. The van der Waals surface area contributed by atoms with Gasteiger partial charge < -0.3 is 10.0 Å². The molecule has 0 bridgehead atoms. The highest BCUT2D eigenvalue weighted by molar-refractivity contribution is 5.45. The molecule has 1 fully saturated rings. The van der Waals surface area contributed by atoms with Crippen molar-refractivity contribution >= 4 is 5.69 Å². The smallest absolute Gasteiger partial charge is 0.0957 e. The lowest BCUT2D eigenvalue weighted by atomic mass is 10.0.